The van der Waals surface area contributed by atoms with Crippen LogP contribution in [0.25, 0.3) is 0 Å². The van der Waals surface area contributed by atoms with E-state index < -0.39 is 80.4 Å². The van der Waals surface area contributed by atoms with Gasteiger partial charge in [0, 0.05) is 5.41 Å². The van der Waals surface area contributed by atoms with Crippen molar-refractivity contribution in [3.63, 3.8) is 0 Å². The van der Waals surface area contributed by atoms with E-state index in [0.29, 0.717) is 0 Å². The Labute approximate surface area is 144 Å². The molecule has 2 heterocycles. The van der Waals surface area contributed by atoms with Crippen LogP contribution in [-0.2, 0) is 19.6 Å². The van der Waals surface area contributed by atoms with Crippen LogP contribution in [0, 0.1) is 16.2 Å². The van der Waals surface area contributed by atoms with E-state index in [1.54, 1.807) is 0 Å². The Bertz CT molecular complexity index is 767. The number of rotatable bonds is 2. The molecule has 2 aliphatic heterocycles. The third kappa shape index (κ3) is 1.54. The first-order valence-corrected chi connectivity index (χ1v) is 9.67. The van der Waals surface area contributed by atoms with E-state index in [4.69, 9.17) is 4.74 Å². The van der Waals surface area contributed by atoms with Crippen molar-refractivity contribution in [2.45, 2.75) is 62.0 Å². The Morgan fingerprint density at radius 3 is 2.36 bits per heavy atom. The zero-order valence-electron chi connectivity index (χ0n) is 13.8. The number of aliphatic hydroxyl groups is 4. The van der Waals surface area contributed by atoms with E-state index in [1.165, 1.54) is 13.8 Å². The highest BCUT2D eigenvalue weighted by atomic mass is 32.2. The predicted molar refractivity (Wildman–Crippen MR) is 80.9 cm³/mol. The monoisotopic (exact) mass is 378 g/mol. The highest BCUT2D eigenvalue weighted by molar-refractivity contribution is 7.86. The maximum atomic E-state index is 12.9. The van der Waals surface area contributed by atoms with Gasteiger partial charge >= 0.3 is 0 Å². The molecule has 6 rings (SSSR count). The van der Waals surface area contributed by atoms with Gasteiger partial charge in [0.25, 0.3) is 10.1 Å². The number of ketones is 1. The van der Waals surface area contributed by atoms with Crippen LogP contribution in [0.15, 0.2) is 0 Å². The molecule has 0 aromatic rings. The molecule has 25 heavy (non-hydrogen) atoms. The van der Waals surface area contributed by atoms with Crippen molar-refractivity contribution in [3.8, 4) is 0 Å². The van der Waals surface area contributed by atoms with Crippen LogP contribution in [0.1, 0.15) is 26.7 Å². The molecule has 0 radical (unpaired) electrons. The second kappa shape index (κ2) is 4.44. The van der Waals surface area contributed by atoms with Gasteiger partial charge in [-0.05, 0) is 12.8 Å². The van der Waals surface area contributed by atoms with E-state index in [2.05, 4.69) is 0 Å². The highest BCUT2D eigenvalue weighted by Gasteiger charge is 2.86. The molecule has 4 aliphatic carbocycles. The fourth-order valence-electron chi connectivity index (χ4n) is 6.42. The fourth-order valence-corrected chi connectivity index (χ4v) is 7.90. The molecule has 10 heteroatoms. The maximum Gasteiger partial charge on any atom is 0.271 e. The third-order valence-corrected chi connectivity index (χ3v) is 9.05. The fraction of sp³-hybridized carbons (Fsp3) is 0.933. The Kier molecular flexibility index (Phi) is 3.15. The lowest BCUT2D eigenvalue weighted by atomic mass is 9.51. The van der Waals surface area contributed by atoms with Gasteiger partial charge in [0.2, 0.25) is 0 Å². The molecule has 9 atom stereocenters. The van der Waals surface area contributed by atoms with E-state index in [0.717, 1.165) is 0 Å². The molecule has 0 amide bonds. The maximum absolute atomic E-state index is 12.9. The second-order valence-electron chi connectivity index (χ2n) is 8.50. The van der Waals surface area contributed by atoms with Crippen LogP contribution in [0.4, 0.5) is 0 Å². The number of hydrogen-bond acceptors (Lipinski definition) is 8. The van der Waals surface area contributed by atoms with Gasteiger partial charge in [-0.1, -0.05) is 13.8 Å². The highest BCUT2D eigenvalue weighted by Crippen LogP contribution is 2.73. The van der Waals surface area contributed by atoms with Crippen LogP contribution in [-0.4, -0.2) is 81.1 Å². The number of fused-ring (bicyclic) bond motifs is 1. The molecular formula is C15H22O9S. The summed E-state index contributed by atoms with van der Waals surface area (Å²) in [6.07, 6.45) is -6.06. The van der Waals surface area contributed by atoms with Crippen molar-refractivity contribution >= 4 is 15.9 Å². The number of aliphatic hydroxyl groups excluding tert-OH is 3. The van der Waals surface area contributed by atoms with Gasteiger partial charge in [0.15, 0.2) is 5.78 Å². The average Bonchev–Trinajstić information content (AvgIpc) is 2.58. The minimum absolute atomic E-state index is 0.0795. The molecular weight excluding hydrogens is 356 g/mol. The standard InChI is InChI=1S/C15H22O9S/c1-12-4-15(20)9-6(17)3-13(15,2)14(5-16,8(19)7(12)18)10(24-9)11(12)25(21,22)23/h6,8-11,16-17,19-20H,3-5H2,1-2H3,(H,21,22,23)/t6-,8-,9-,10-,11-,12?,13-,14+,15?/m1/s1. The van der Waals surface area contributed by atoms with Gasteiger partial charge in [-0.2, -0.15) is 8.42 Å². The van der Waals surface area contributed by atoms with Crippen LogP contribution >= 0.6 is 0 Å². The van der Waals surface area contributed by atoms with E-state index in [1.807, 2.05) is 0 Å². The summed E-state index contributed by atoms with van der Waals surface area (Å²) in [4.78, 5) is 12.9. The average molecular weight is 378 g/mol. The molecule has 2 saturated heterocycles. The molecule has 0 aromatic carbocycles. The normalized spacial score (nSPS) is 60.1. The van der Waals surface area contributed by atoms with Gasteiger partial charge in [-0.3, -0.25) is 9.35 Å². The molecule has 9 nitrogen and oxygen atoms in total. The summed E-state index contributed by atoms with van der Waals surface area (Å²) in [7, 11) is -4.83. The van der Waals surface area contributed by atoms with Crippen molar-refractivity contribution in [3.05, 3.63) is 0 Å². The lowest BCUT2D eigenvalue weighted by Crippen LogP contribution is -2.75. The topological polar surface area (TPSA) is 162 Å². The SMILES string of the molecule is CC12CC3(O)[C@@H]4O[C@H]([C@H]1S(=O)(=O)O)[C@](CO)([C@H](O)C2=O)[C@@]3(C)C[C@H]4O. The first-order chi connectivity index (χ1) is 11.3. The lowest BCUT2D eigenvalue weighted by Gasteiger charge is -2.61. The van der Waals surface area contributed by atoms with E-state index in [-0.39, 0.29) is 6.42 Å². The van der Waals surface area contributed by atoms with Crippen molar-refractivity contribution < 1.29 is 42.9 Å². The van der Waals surface area contributed by atoms with Gasteiger partial charge in [-0.15, -0.1) is 0 Å². The quantitative estimate of drug-likeness (QED) is 0.337. The largest absolute Gasteiger partial charge is 0.396 e. The number of carbonyl (C=O) groups is 1. The smallest absolute Gasteiger partial charge is 0.271 e. The van der Waals surface area contributed by atoms with Crippen LogP contribution in [0.2, 0.25) is 0 Å². The van der Waals surface area contributed by atoms with Gasteiger partial charge in [0.1, 0.15) is 23.1 Å². The van der Waals surface area contributed by atoms with Crippen LogP contribution < -0.4 is 0 Å². The molecule has 5 N–H and O–H groups in total. The zero-order valence-corrected chi connectivity index (χ0v) is 14.6. The number of hydrogen-bond donors (Lipinski definition) is 5. The van der Waals surface area contributed by atoms with Crippen molar-refractivity contribution in [2.24, 2.45) is 16.2 Å². The van der Waals surface area contributed by atoms with Crippen LogP contribution in [0.5, 0.6) is 0 Å². The Balaban J connectivity index is 2.13. The number of carbonyl (C=O) groups excluding carboxylic acids is 1. The minimum Gasteiger partial charge on any atom is -0.396 e. The first kappa shape index (κ1) is 17.8. The summed E-state index contributed by atoms with van der Waals surface area (Å²) in [5, 5.41) is 41.1. The van der Waals surface area contributed by atoms with Gasteiger partial charge in [0.05, 0.1) is 29.6 Å². The van der Waals surface area contributed by atoms with Gasteiger partial charge in [-0.25, -0.2) is 0 Å². The van der Waals surface area contributed by atoms with Crippen molar-refractivity contribution in [1.82, 2.24) is 0 Å². The summed E-state index contributed by atoms with van der Waals surface area (Å²) in [5.41, 5.74) is -6.90. The zero-order chi connectivity index (χ0) is 18.8. The summed E-state index contributed by atoms with van der Waals surface area (Å²) in [5.74, 6) is -0.858. The predicted octanol–water partition coefficient (Wildman–Crippen LogP) is -2.16. The Morgan fingerprint density at radius 2 is 1.84 bits per heavy atom. The Hall–Kier alpha value is -0.620. The first-order valence-electron chi connectivity index (χ1n) is 8.17. The lowest BCUT2D eigenvalue weighted by molar-refractivity contribution is -0.296. The molecule has 0 aromatic heterocycles. The molecule has 2 unspecified atom stereocenters. The van der Waals surface area contributed by atoms with Crippen molar-refractivity contribution in [2.75, 3.05) is 6.61 Å². The van der Waals surface area contributed by atoms with Crippen molar-refractivity contribution in [1.29, 1.82) is 0 Å². The van der Waals surface area contributed by atoms with E-state index >= 15 is 0 Å². The molecule has 4 saturated carbocycles. The summed E-state index contributed by atoms with van der Waals surface area (Å²) in [6, 6.07) is 0. The molecule has 6 bridgehead atoms. The Morgan fingerprint density at radius 1 is 1.24 bits per heavy atom. The van der Waals surface area contributed by atoms with E-state index in [9.17, 15) is 38.2 Å². The third-order valence-electron chi connectivity index (χ3n) is 7.64. The molecule has 0 spiro atoms. The summed E-state index contributed by atoms with van der Waals surface area (Å²) < 4.78 is 39.9. The molecule has 6 aliphatic rings. The second-order valence-corrected chi connectivity index (χ2v) is 10.0. The minimum atomic E-state index is -4.83. The van der Waals surface area contributed by atoms with Crippen LogP contribution in [0.3, 0.4) is 0 Å². The van der Waals surface area contributed by atoms with Gasteiger partial charge < -0.3 is 25.2 Å². The number of ether oxygens (including phenoxy) is 1. The molecule has 142 valence electrons. The summed E-state index contributed by atoms with van der Waals surface area (Å²) >= 11 is 0. The molecule has 6 fully saturated rings. The summed E-state index contributed by atoms with van der Waals surface area (Å²) in [6.45, 7) is 1.95. The number of Topliss-reactive ketones (excluding diaryl/α,β-unsaturated/α-hetero) is 1.